The van der Waals surface area contributed by atoms with Crippen LogP contribution in [-0.4, -0.2) is 5.91 Å². The molecule has 2 aromatic rings. The van der Waals surface area contributed by atoms with E-state index in [2.05, 4.69) is 59.9 Å². The van der Waals surface area contributed by atoms with E-state index in [1.807, 2.05) is 13.0 Å². The minimum absolute atomic E-state index is 0.125. The van der Waals surface area contributed by atoms with Crippen LogP contribution in [0.2, 0.25) is 0 Å². The van der Waals surface area contributed by atoms with E-state index in [1.54, 1.807) is 0 Å². The lowest BCUT2D eigenvalue weighted by Crippen LogP contribution is -2.23. The summed E-state index contributed by atoms with van der Waals surface area (Å²) in [6, 6.07) is 16.9. The van der Waals surface area contributed by atoms with E-state index >= 15 is 0 Å². The number of carbonyl (C=O) groups is 1. The van der Waals surface area contributed by atoms with Crippen LogP contribution in [0.25, 0.3) is 6.08 Å². The summed E-state index contributed by atoms with van der Waals surface area (Å²) in [5.74, 6) is 0.412. The van der Waals surface area contributed by atoms with Crippen molar-refractivity contribution in [3.63, 3.8) is 0 Å². The summed E-state index contributed by atoms with van der Waals surface area (Å²) >= 11 is 0. The van der Waals surface area contributed by atoms with Gasteiger partial charge in [-0.1, -0.05) is 67.6 Å². The zero-order chi connectivity index (χ0) is 15.4. The molecule has 0 bridgehead atoms. The molecule has 0 saturated heterocycles. The summed E-state index contributed by atoms with van der Waals surface area (Å²) in [6.45, 7) is 2.62. The van der Waals surface area contributed by atoms with E-state index in [1.165, 1.54) is 22.3 Å². The third-order valence-electron chi connectivity index (χ3n) is 4.14. The summed E-state index contributed by atoms with van der Waals surface area (Å²) < 4.78 is 0. The molecule has 1 aliphatic carbocycles. The average molecular weight is 291 g/mol. The summed E-state index contributed by atoms with van der Waals surface area (Å²) in [7, 11) is 0. The highest BCUT2D eigenvalue weighted by atomic mass is 16.1. The number of fused-ring (bicyclic) bond motifs is 1. The normalized spacial score (nSPS) is 15.6. The molecule has 3 rings (SSSR count). The van der Waals surface area contributed by atoms with Crippen molar-refractivity contribution in [3.05, 3.63) is 76.9 Å². The van der Waals surface area contributed by atoms with E-state index in [4.69, 9.17) is 0 Å². The van der Waals surface area contributed by atoms with Crippen molar-refractivity contribution >= 4 is 12.0 Å². The topological polar surface area (TPSA) is 29.1 Å². The fourth-order valence-electron chi connectivity index (χ4n) is 3.03. The van der Waals surface area contributed by atoms with Crippen LogP contribution in [0.5, 0.6) is 0 Å². The van der Waals surface area contributed by atoms with E-state index in [0.717, 1.165) is 6.42 Å². The van der Waals surface area contributed by atoms with Crippen molar-refractivity contribution in [2.75, 3.05) is 0 Å². The summed E-state index contributed by atoms with van der Waals surface area (Å²) in [5, 5.41) is 3.02. The number of carbonyl (C=O) groups excluding carboxylic acids is 1. The first kappa shape index (κ1) is 14.6. The number of hydrogen-bond acceptors (Lipinski definition) is 1. The maximum absolute atomic E-state index is 11.7. The first-order valence-electron chi connectivity index (χ1n) is 7.91. The largest absolute Gasteiger partial charge is 0.352 e. The summed E-state index contributed by atoms with van der Waals surface area (Å²) in [5.41, 5.74) is 5.10. The highest BCUT2D eigenvalue weighted by Crippen LogP contribution is 2.36. The second-order valence-corrected chi connectivity index (χ2v) is 5.69. The molecular formula is C20H21NO. The van der Waals surface area contributed by atoms with E-state index < -0.39 is 0 Å². The fraction of sp³-hybridized carbons (Fsp3) is 0.250. The second-order valence-electron chi connectivity index (χ2n) is 5.69. The number of amides is 1. The molecule has 0 radical (unpaired) electrons. The molecule has 1 aliphatic rings. The molecule has 1 atom stereocenters. The van der Waals surface area contributed by atoms with Crippen LogP contribution < -0.4 is 5.32 Å². The van der Waals surface area contributed by atoms with Crippen molar-refractivity contribution in [2.24, 2.45) is 0 Å². The summed E-state index contributed by atoms with van der Waals surface area (Å²) in [6.07, 6.45) is 5.91. The first-order valence-corrected chi connectivity index (χ1v) is 7.91. The maximum Gasteiger partial charge on any atom is 0.220 e. The van der Waals surface area contributed by atoms with Gasteiger partial charge in [0.1, 0.15) is 0 Å². The smallest absolute Gasteiger partial charge is 0.220 e. The maximum atomic E-state index is 11.7. The Bertz CT molecular complexity index is 702. The molecule has 0 heterocycles. The predicted molar refractivity (Wildman–Crippen MR) is 90.5 cm³/mol. The van der Waals surface area contributed by atoms with Gasteiger partial charge in [-0.25, -0.2) is 0 Å². The van der Waals surface area contributed by atoms with Gasteiger partial charge in [-0.15, -0.1) is 0 Å². The summed E-state index contributed by atoms with van der Waals surface area (Å²) in [4.78, 5) is 11.7. The van der Waals surface area contributed by atoms with Crippen LogP contribution in [-0.2, 0) is 11.3 Å². The molecule has 0 spiro atoms. The SMILES string of the molecule is CCCC(=O)NCc1ccccc1C1C=Cc2ccccc21. The molecule has 22 heavy (non-hydrogen) atoms. The van der Waals surface area contributed by atoms with Crippen LogP contribution in [0.1, 0.15) is 47.9 Å². The van der Waals surface area contributed by atoms with Crippen LogP contribution in [0.3, 0.4) is 0 Å². The molecule has 1 N–H and O–H groups in total. The van der Waals surface area contributed by atoms with Gasteiger partial charge in [0.15, 0.2) is 0 Å². The molecule has 112 valence electrons. The number of nitrogens with one attached hydrogen (secondary N) is 1. The molecule has 1 unspecified atom stereocenters. The Balaban J connectivity index is 1.84. The van der Waals surface area contributed by atoms with E-state index in [9.17, 15) is 4.79 Å². The van der Waals surface area contributed by atoms with Crippen molar-refractivity contribution in [2.45, 2.75) is 32.2 Å². The van der Waals surface area contributed by atoms with Gasteiger partial charge < -0.3 is 5.32 Å². The van der Waals surface area contributed by atoms with Crippen LogP contribution in [0.4, 0.5) is 0 Å². The molecule has 0 aromatic heterocycles. The second kappa shape index (κ2) is 6.61. The Kier molecular flexibility index (Phi) is 4.38. The van der Waals surface area contributed by atoms with Gasteiger partial charge in [-0.05, 0) is 28.7 Å². The van der Waals surface area contributed by atoms with Crippen molar-refractivity contribution < 1.29 is 4.79 Å². The molecule has 0 fully saturated rings. The minimum atomic E-state index is 0.125. The Morgan fingerprint density at radius 2 is 1.77 bits per heavy atom. The quantitative estimate of drug-likeness (QED) is 0.876. The zero-order valence-electron chi connectivity index (χ0n) is 12.9. The van der Waals surface area contributed by atoms with Crippen LogP contribution >= 0.6 is 0 Å². The highest BCUT2D eigenvalue weighted by Gasteiger charge is 2.20. The molecule has 2 nitrogen and oxygen atoms in total. The van der Waals surface area contributed by atoms with Gasteiger partial charge in [0, 0.05) is 18.9 Å². The molecule has 1 amide bonds. The zero-order valence-corrected chi connectivity index (χ0v) is 12.9. The fourth-order valence-corrected chi connectivity index (χ4v) is 3.03. The Labute approximate surface area is 131 Å². The first-order chi connectivity index (χ1) is 10.8. The van der Waals surface area contributed by atoms with Gasteiger partial charge >= 0.3 is 0 Å². The molecular weight excluding hydrogens is 270 g/mol. The molecule has 0 saturated carbocycles. The predicted octanol–water partition coefficient (Wildman–Crippen LogP) is 4.26. The van der Waals surface area contributed by atoms with Crippen LogP contribution in [0.15, 0.2) is 54.6 Å². The number of hydrogen-bond donors (Lipinski definition) is 1. The van der Waals surface area contributed by atoms with Gasteiger partial charge in [-0.2, -0.15) is 0 Å². The lowest BCUT2D eigenvalue weighted by molar-refractivity contribution is -0.121. The third kappa shape index (κ3) is 2.96. The minimum Gasteiger partial charge on any atom is -0.352 e. The molecule has 0 aliphatic heterocycles. The van der Waals surface area contributed by atoms with Crippen molar-refractivity contribution in [3.8, 4) is 0 Å². The van der Waals surface area contributed by atoms with E-state index in [0.29, 0.717) is 13.0 Å². The van der Waals surface area contributed by atoms with E-state index in [-0.39, 0.29) is 11.8 Å². The monoisotopic (exact) mass is 291 g/mol. The molecule has 2 heteroatoms. The third-order valence-corrected chi connectivity index (χ3v) is 4.14. The van der Waals surface area contributed by atoms with Gasteiger partial charge in [0.2, 0.25) is 5.91 Å². The lowest BCUT2D eigenvalue weighted by atomic mass is 9.89. The lowest BCUT2D eigenvalue weighted by Gasteiger charge is -2.16. The standard InChI is InChI=1S/C20H21NO/c1-2-7-20(22)21-14-16-9-4-6-11-18(16)19-13-12-15-8-3-5-10-17(15)19/h3-6,8-13,19H,2,7,14H2,1H3,(H,21,22). The van der Waals surface area contributed by atoms with Crippen molar-refractivity contribution in [1.82, 2.24) is 5.32 Å². The van der Waals surface area contributed by atoms with Gasteiger partial charge in [0.25, 0.3) is 0 Å². The number of allylic oxidation sites excluding steroid dienone is 1. The average Bonchev–Trinajstić information content (AvgIpc) is 2.97. The van der Waals surface area contributed by atoms with Crippen LogP contribution in [0, 0.1) is 0 Å². The Morgan fingerprint density at radius 1 is 1.05 bits per heavy atom. The van der Waals surface area contributed by atoms with Gasteiger partial charge in [0.05, 0.1) is 0 Å². The number of benzene rings is 2. The highest BCUT2D eigenvalue weighted by molar-refractivity contribution is 5.75. The Morgan fingerprint density at radius 3 is 2.59 bits per heavy atom. The Hall–Kier alpha value is -2.35. The van der Waals surface area contributed by atoms with Gasteiger partial charge in [-0.3, -0.25) is 4.79 Å². The molecule has 2 aromatic carbocycles. The number of rotatable bonds is 5. The van der Waals surface area contributed by atoms with Crippen molar-refractivity contribution in [1.29, 1.82) is 0 Å².